The molecular formula is C8H13NO4. The molecule has 0 heterocycles. The van der Waals surface area contributed by atoms with Crippen molar-refractivity contribution in [3.63, 3.8) is 0 Å². The Kier molecular flexibility index (Phi) is 4.72. The number of carbonyl (C=O) groups excluding carboxylic acids is 3. The number of hydrogen-bond donors (Lipinski definition) is 1. The minimum absolute atomic E-state index is 0.189. The van der Waals surface area contributed by atoms with Gasteiger partial charge in [0.25, 0.3) is 0 Å². The number of nitrogens with one attached hydrogen (secondary N) is 1. The maximum atomic E-state index is 10.9. The summed E-state index contributed by atoms with van der Waals surface area (Å²) in [6, 6.07) is 0. The highest BCUT2D eigenvalue weighted by molar-refractivity contribution is 5.96. The minimum atomic E-state index is -0.690. The van der Waals surface area contributed by atoms with Crippen LogP contribution in [-0.2, 0) is 19.1 Å². The van der Waals surface area contributed by atoms with E-state index in [0.717, 1.165) is 0 Å². The van der Waals surface area contributed by atoms with Crippen LogP contribution < -0.4 is 5.32 Å². The zero-order valence-electron chi connectivity index (χ0n) is 7.92. The quantitative estimate of drug-likeness (QED) is 0.381. The monoisotopic (exact) mass is 187 g/mol. The first-order valence-corrected chi connectivity index (χ1v) is 3.88. The van der Waals surface area contributed by atoms with Crippen LogP contribution in [0.1, 0.15) is 27.2 Å². The van der Waals surface area contributed by atoms with Crippen molar-refractivity contribution in [1.82, 2.24) is 5.32 Å². The van der Waals surface area contributed by atoms with E-state index in [2.05, 4.69) is 10.1 Å². The van der Waals surface area contributed by atoms with E-state index in [4.69, 9.17) is 0 Å². The molecule has 0 aromatic heterocycles. The van der Waals surface area contributed by atoms with Crippen molar-refractivity contribution in [2.75, 3.05) is 0 Å². The molecule has 0 aliphatic rings. The summed E-state index contributed by atoms with van der Waals surface area (Å²) in [7, 11) is 0. The lowest BCUT2D eigenvalue weighted by molar-refractivity contribution is -0.148. The maximum absolute atomic E-state index is 10.9. The molecule has 0 saturated heterocycles. The number of ketones is 1. The third kappa shape index (κ3) is 6.99. The number of rotatable bonds is 4. The molecule has 5 nitrogen and oxygen atoms in total. The Labute approximate surface area is 76.4 Å². The summed E-state index contributed by atoms with van der Waals surface area (Å²) in [5.41, 5.74) is 0. The van der Waals surface area contributed by atoms with Gasteiger partial charge in [-0.1, -0.05) is 0 Å². The van der Waals surface area contributed by atoms with Gasteiger partial charge < -0.3 is 10.1 Å². The number of Topliss-reactive ketones (excluding diaryl/α,β-unsaturated/α-hetero) is 1. The van der Waals surface area contributed by atoms with Gasteiger partial charge in [0, 0.05) is 6.92 Å². The molecule has 0 saturated carbocycles. The highest BCUT2D eigenvalue weighted by Gasteiger charge is 2.10. The molecule has 0 bridgehead atoms. The predicted molar refractivity (Wildman–Crippen MR) is 44.7 cm³/mol. The Balaban J connectivity index is 3.78. The van der Waals surface area contributed by atoms with Gasteiger partial charge in [-0.2, -0.15) is 0 Å². The Morgan fingerprint density at radius 3 is 2.23 bits per heavy atom. The zero-order chi connectivity index (χ0) is 10.4. The summed E-state index contributed by atoms with van der Waals surface area (Å²) in [5.74, 6) is -1.15. The van der Waals surface area contributed by atoms with Gasteiger partial charge >= 0.3 is 5.97 Å². The molecule has 74 valence electrons. The van der Waals surface area contributed by atoms with Crippen LogP contribution in [-0.4, -0.2) is 23.9 Å². The second kappa shape index (κ2) is 5.29. The topological polar surface area (TPSA) is 72.5 Å². The Morgan fingerprint density at radius 2 is 1.85 bits per heavy atom. The molecule has 0 spiro atoms. The van der Waals surface area contributed by atoms with Crippen molar-refractivity contribution >= 4 is 17.7 Å². The SMILES string of the molecule is CC(=O)CC(=O)NC(C)OC(C)=O. The fourth-order valence-electron chi connectivity index (χ4n) is 0.782. The molecule has 1 amide bonds. The van der Waals surface area contributed by atoms with Gasteiger partial charge in [0.05, 0.1) is 6.42 Å². The van der Waals surface area contributed by atoms with E-state index >= 15 is 0 Å². The molecule has 0 fully saturated rings. The van der Waals surface area contributed by atoms with Crippen LogP contribution in [0, 0.1) is 0 Å². The van der Waals surface area contributed by atoms with Crippen molar-refractivity contribution < 1.29 is 19.1 Å². The maximum Gasteiger partial charge on any atom is 0.304 e. The van der Waals surface area contributed by atoms with Crippen LogP contribution in [0.15, 0.2) is 0 Å². The Morgan fingerprint density at radius 1 is 1.31 bits per heavy atom. The van der Waals surface area contributed by atoms with E-state index in [1.54, 1.807) is 0 Å². The van der Waals surface area contributed by atoms with Crippen molar-refractivity contribution in [3.8, 4) is 0 Å². The second-order valence-electron chi connectivity index (χ2n) is 2.70. The van der Waals surface area contributed by atoms with Crippen molar-refractivity contribution in [2.24, 2.45) is 0 Å². The number of hydrogen-bond acceptors (Lipinski definition) is 4. The fraction of sp³-hybridized carbons (Fsp3) is 0.625. The minimum Gasteiger partial charge on any atom is -0.442 e. The van der Waals surface area contributed by atoms with Crippen LogP contribution in [0.25, 0.3) is 0 Å². The molecule has 0 radical (unpaired) electrons. The average Bonchev–Trinajstić information content (AvgIpc) is 1.80. The van der Waals surface area contributed by atoms with Gasteiger partial charge in [0.1, 0.15) is 5.78 Å². The van der Waals surface area contributed by atoms with Gasteiger partial charge in [-0.3, -0.25) is 14.4 Å². The van der Waals surface area contributed by atoms with Gasteiger partial charge in [-0.05, 0) is 13.8 Å². The van der Waals surface area contributed by atoms with E-state index in [1.807, 2.05) is 0 Å². The highest BCUT2D eigenvalue weighted by atomic mass is 16.6. The van der Waals surface area contributed by atoms with E-state index in [9.17, 15) is 14.4 Å². The van der Waals surface area contributed by atoms with Crippen LogP contribution >= 0.6 is 0 Å². The predicted octanol–water partition coefficient (Wildman–Crippen LogP) is -0.00920. The molecule has 1 unspecified atom stereocenters. The molecule has 0 aromatic rings. The summed E-state index contributed by atoms with van der Waals surface area (Å²) in [4.78, 5) is 31.8. The average molecular weight is 187 g/mol. The summed E-state index contributed by atoms with van der Waals surface area (Å²) in [6.07, 6.45) is -0.879. The van der Waals surface area contributed by atoms with E-state index in [-0.39, 0.29) is 12.2 Å². The molecule has 1 atom stereocenters. The van der Waals surface area contributed by atoms with Crippen LogP contribution in [0.2, 0.25) is 0 Å². The van der Waals surface area contributed by atoms with Gasteiger partial charge in [-0.25, -0.2) is 0 Å². The number of amides is 1. The second-order valence-corrected chi connectivity index (χ2v) is 2.70. The number of esters is 1. The molecule has 13 heavy (non-hydrogen) atoms. The third-order valence-electron chi connectivity index (χ3n) is 1.12. The Bertz CT molecular complexity index is 224. The lowest BCUT2D eigenvalue weighted by atomic mass is 10.3. The summed E-state index contributed by atoms with van der Waals surface area (Å²) >= 11 is 0. The van der Waals surface area contributed by atoms with Crippen molar-refractivity contribution in [1.29, 1.82) is 0 Å². The molecule has 0 aromatic carbocycles. The van der Waals surface area contributed by atoms with E-state index in [1.165, 1.54) is 20.8 Å². The zero-order valence-corrected chi connectivity index (χ0v) is 7.92. The number of carbonyl (C=O) groups is 3. The van der Waals surface area contributed by atoms with Gasteiger partial charge in [-0.15, -0.1) is 0 Å². The first kappa shape index (κ1) is 11.6. The lowest BCUT2D eigenvalue weighted by Crippen LogP contribution is -2.36. The summed E-state index contributed by atoms with van der Waals surface area (Å²) < 4.78 is 4.62. The molecule has 1 N–H and O–H groups in total. The Hall–Kier alpha value is -1.39. The van der Waals surface area contributed by atoms with Gasteiger partial charge in [0.15, 0.2) is 6.23 Å². The van der Waals surface area contributed by atoms with Gasteiger partial charge in [0.2, 0.25) is 5.91 Å². The van der Waals surface area contributed by atoms with Crippen LogP contribution in [0.3, 0.4) is 0 Å². The highest BCUT2D eigenvalue weighted by Crippen LogP contribution is 1.89. The molecule has 0 aliphatic heterocycles. The molecular weight excluding hydrogens is 174 g/mol. The first-order valence-electron chi connectivity index (χ1n) is 3.88. The first-order chi connectivity index (χ1) is 5.91. The van der Waals surface area contributed by atoms with Crippen LogP contribution in [0.5, 0.6) is 0 Å². The fourth-order valence-corrected chi connectivity index (χ4v) is 0.782. The summed E-state index contributed by atoms with van der Waals surface area (Å²) in [5, 5.41) is 2.34. The lowest BCUT2D eigenvalue weighted by Gasteiger charge is -2.12. The normalized spacial score (nSPS) is 11.6. The third-order valence-corrected chi connectivity index (χ3v) is 1.12. The van der Waals surface area contributed by atoms with Crippen molar-refractivity contribution in [2.45, 2.75) is 33.4 Å². The molecule has 5 heteroatoms. The standard InChI is InChI=1S/C8H13NO4/c1-5(10)4-8(12)9-6(2)13-7(3)11/h6H,4H2,1-3H3,(H,9,12). The van der Waals surface area contributed by atoms with E-state index < -0.39 is 18.1 Å². The largest absolute Gasteiger partial charge is 0.442 e. The smallest absolute Gasteiger partial charge is 0.304 e. The molecule has 0 aliphatic carbocycles. The number of ether oxygens (including phenoxy) is 1. The van der Waals surface area contributed by atoms with E-state index in [0.29, 0.717) is 0 Å². The van der Waals surface area contributed by atoms with Crippen molar-refractivity contribution in [3.05, 3.63) is 0 Å². The molecule has 0 rings (SSSR count). The summed E-state index contributed by atoms with van der Waals surface area (Å²) in [6.45, 7) is 4.07. The van der Waals surface area contributed by atoms with Crippen LogP contribution in [0.4, 0.5) is 0 Å².